The van der Waals surface area contributed by atoms with Gasteiger partial charge in [-0.1, -0.05) is 6.07 Å². The predicted molar refractivity (Wildman–Crippen MR) is 59.4 cm³/mol. The van der Waals surface area contributed by atoms with Crippen molar-refractivity contribution in [3.63, 3.8) is 0 Å². The molecule has 0 aromatic carbocycles. The van der Waals surface area contributed by atoms with Gasteiger partial charge in [0.05, 0.1) is 11.7 Å². The maximum absolute atomic E-state index is 13.5. The molecule has 0 saturated heterocycles. The molecular formula is C11H11FN2S. The fourth-order valence-electron chi connectivity index (χ4n) is 1.48. The lowest BCUT2D eigenvalue weighted by Crippen LogP contribution is -2.19. The summed E-state index contributed by atoms with van der Waals surface area (Å²) in [4.78, 5) is 5.14. The van der Waals surface area contributed by atoms with E-state index in [1.807, 2.05) is 17.5 Å². The maximum atomic E-state index is 13.5. The topological polar surface area (TPSA) is 24.9 Å². The Labute approximate surface area is 91.8 Å². The third kappa shape index (κ3) is 2.06. The first-order valence-corrected chi connectivity index (χ1v) is 5.52. The number of nitrogens with one attached hydrogen (secondary N) is 1. The molecule has 0 amide bonds. The van der Waals surface area contributed by atoms with E-state index in [0.29, 0.717) is 5.69 Å². The first-order valence-electron chi connectivity index (χ1n) is 4.64. The van der Waals surface area contributed by atoms with Gasteiger partial charge in [0.2, 0.25) is 0 Å². The lowest BCUT2D eigenvalue weighted by Gasteiger charge is -2.14. The van der Waals surface area contributed by atoms with Gasteiger partial charge in [-0.05, 0) is 30.6 Å². The lowest BCUT2D eigenvalue weighted by molar-refractivity contribution is 0.563. The average molecular weight is 222 g/mol. The van der Waals surface area contributed by atoms with E-state index in [-0.39, 0.29) is 11.9 Å². The van der Waals surface area contributed by atoms with Crippen molar-refractivity contribution in [1.82, 2.24) is 10.3 Å². The third-order valence-electron chi connectivity index (χ3n) is 2.18. The van der Waals surface area contributed by atoms with Crippen LogP contribution in [0.15, 0.2) is 35.8 Å². The van der Waals surface area contributed by atoms with Crippen LogP contribution in [0.5, 0.6) is 0 Å². The number of nitrogens with zero attached hydrogens (tertiary/aromatic N) is 1. The Hall–Kier alpha value is -1.26. The second-order valence-corrected chi connectivity index (χ2v) is 4.09. The minimum absolute atomic E-state index is 0.161. The van der Waals surface area contributed by atoms with Crippen LogP contribution < -0.4 is 5.32 Å². The molecular weight excluding hydrogens is 211 g/mol. The minimum Gasteiger partial charge on any atom is -0.307 e. The molecule has 0 aliphatic carbocycles. The van der Waals surface area contributed by atoms with Crippen molar-refractivity contribution < 1.29 is 4.39 Å². The van der Waals surface area contributed by atoms with Gasteiger partial charge in [-0.2, -0.15) is 0 Å². The van der Waals surface area contributed by atoms with E-state index in [4.69, 9.17) is 0 Å². The fraction of sp³-hybridized carbons (Fsp3) is 0.182. The van der Waals surface area contributed by atoms with E-state index in [0.717, 1.165) is 4.88 Å². The van der Waals surface area contributed by atoms with Crippen LogP contribution in [0.3, 0.4) is 0 Å². The molecule has 2 aromatic rings. The standard InChI is InChI=1S/C11H11FN2S/c1-13-11(9-5-3-7-15-9)10-8(12)4-2-6-14-10/h2-7,11,13H,1H3. The fourth-order valence-corrected chi connectivity index (χ4v) is 2.32. The van der Waals surface area contributed by atoms with E-state index in [1.165, 1.54) is 6.07 Å². The number of pyridine rings is 1. The lowest BCUT2D eigenvalue weighted by atomic mass is 10.1. The third-order valence-corrected chi connectivity index (χ3v) is 3.11. The molecule has 4 heteroatoms. The summed E-state index contributed by atoms with van der Waals surface area (Å²) in [6, 6.07) is 6.79. The molecule has 0 bridgehead atoms. The number of hydrogen-bond acceptors (Lipinski definition) is 3. The molecule has 2 heterocycles. The van der Waals surface area contributed by atoms with Crippen molar-refractivity contribution in [2.45, 2.75) is 6.04 Å². The van der Waals surface area contributed by atoms with Crippen LogP contribution >= 0.6 is 11.3 Å². The zero-order chi connectivity index (χ0) is 10.7. The van der Waals surface area contributed by atoms with Gasteiger partial charge in [0.15, 0.2) is 0 Å². The van der Waals surface area contributed by atoms with Crippen molar-refractivity contribution >= 4 is 11.3 Å². The quantitative estimate of drug-likeness (QED) is 0.863. The summed E-state index contributed by atoms with van der Waals surface area (Å²) in [6.45, 7) is 0. The first-order chi connectivity index (χ1) is 7.33. The molecule has 0 radical (unpaired) electrons. The van der Waals surface area contributed by atoms with Crippen LogP contribution in [0.2, 0.25) is 0 Å². The van der Waals surface area contributed by atoms with Gasteiger partial charge < -0.3 is 5.32 Å². The largest absolute Gasteiger partial charge is 0.307 e. The molecule has 0 aliphatic heterocycles. The second kappa shape index (κ2) is 4.51. The molecule has 2 rings (SSSR count). The molecule has 2 nitrogen and oxygen atoms in total. The summed E-state index contributed by atoms with van der Waals surface area (Å²) in [6.07, 6.45) is 1.61. The molecule has 1 atom stereocenters. The molecule has 1 unspecified atom stereocenters. The van der Waals surface area contributed by atoms with Crippen LogP contribution in [-0.2, 0) is 0 Å². The van der Waals surface area contributed by atoms with Gasteiger partial charge >= 0.3 is 0 Å². The van der Waals surface area contributed by atoms with Crippen LogP contribution in [0.4, 0.5) is 4.39 Å². The number of halogens is 1. The van der Waals surface area contributed by atoms with Crippen LogP contribution in [0, 0.1) is 5.82 Å². The smallest absolute Gasteiger partial charge is 0.146 e. The minimum atomic E-state index is -0.273. The normalized spacial score (nSPS) is 12.7. The summed E-state index contributed by atoms with van der Waals surface area (Å²) < 4.78 is 13.5. The van der Waals surface area contributed by atoms with Gasteiger partial charge in [0.25, 0.3) is 0 Å². The summed E-state index contributed by atoms with van der Waals surface area (Å²) in [5.74, 6) is -0.273. The second-order valence-electron chi connectivity index (χ2n) is 3.11. The Morgan fingerprint density at radius 3 is 2.87 bits per heavy atom. The summed E-state index contributed by atoms with van der Waals surface area (Å²) in [5.41, 5.74) is 0.447. The number of thiophene rings is 1. The Morgan fingerprint density at radius 1 is 1.40 bits per heavy atom. The first kappa shape index (κ1) is 10.3. The van der Waals surface area contributed by atoms with Crippen molar-refractivity contribution in [3.05, 3.63) is 52.2 Å². The van der Waals surface area contributed by atoms with Crippen LogP contribution in [0.25, 0.3) is 0 Å². The zero-order valence-electron chi connectivity index (χ0n) is 8.27. The van der Waals surface area contributed by atoms with Gasteiger partial charge in [0, 0.05) is 11.1 Å². The number of hydrogen-bond donors (Lipinski definition) is 1. The highest BCUT2D eigenvalue weighted by Gasteiger charge is 2.17. The molecule has 1 N–H and O–H groups in total. The van der Waals surface area contributed by atoms with Crippen molar-refractivity contribution in [2.75, 3.05) is 7.05 Å². The van der Waals surface area contributed by atoms with E-state index in [2.05, 4.69) is 10.3 Å². The highest BCUT2D eigenvalue weighted by Crippen LogP contribution is 2.25. The number of rotatable bonds is 3. The van der Waals surface area contributed by atoms with Crippen molar-refractivity contribution in [2.24, 2.45) is 0 Å². The molecule has 0 fully saturated rings. The Morgan fingerprint density at radius 2 is 2.27 bits per heavy atom. The zero-order valence-corrected chi connectivity index (χ0v) is 9.09. The molecule has 78 valence electrons. The molecule has 0 spiro atoms. The molecule has 15 heavy (non-hydrogen) atoms. The van der Waals surface area contributed by atoms with E-state index >= 15 is 0 Å². The monoisotopic (exact) mass is 222 g/mol. The summed E-state index contributed by atoms with van der Waals surface area (Å²) in [5, 5.41) is 5.04. The SMILES string of the molecule is CNC(c1cccs1)c1ncccc1F. The van der Waals surface area contributed by atoms with Crippen LogP contribution in [0.1, 0.15) is 16.6 Å². The van der Waals surface area contributed by atoms with Crippen molar-refractivity contribution in [3.8, 4) is 0 Å². The summed E-state index contributed by atoms with van der Waals surface area (Å²) in [7, 11) is 1.80. The molecule has 0 aliphatic rings. The predicted octanol–water partition coefficient (Wildman–Crippen LogP) is 2.59. The molecule has 0 saturated carbocycles. The average Bonchev–Trinajstić information content (AvgIpc) is 2.75. The van der Waals surface area contributed by atoms with Gasteiger partial charge in [0.1, 0.15) is 5.82 Å². The Kier molecular flexibility index (Phi) is 3.08. The van der Waals surface area contributed by atoms with Gasteiger partial charge in [-0.15, -0.1) is 11.3 Å². The number of aromatic nitrogens is 1. The maximum Gasteiger partial charge on any atom is 0.146 e. The van der Waals surface area contributed by atoms with E-state index in [9.17, 15) is 4.39 Å². The Bertz CT molecular complexity index is 428. The van der Waals surface area contributed by atoms with Gasteiger partial charge in [-0.3, -0.25) is 4.98 Å². The highest BCUT2D eigenvalue weighted by atomic mass is 32.1. The van der Waals surface area contributed by atoms with Crippen LogP contribution in [-0.4, -0.2) is 12.0 Å². The van der Waals surface area contributed by atoms with Crippen molar-refractivity contribution in [1.29, 1.82) is 0 Å². The van der Waals surface area contributed by atoms with Gasteiger partial charge in [-0.25, -0.2) is 4.39 Å². The molecule has 2 aromatic heterocycles. The van der Waals surface area contributed by atoms with E-state index < -0.39 is 0 Å². The highest BCUT2D eigenvalue weighted by molar-refractivity contribution is 7.10. The summed E-state index contributed by atoms with van der Waals surface area (Å²) >= 11 is 1.59. The van der Waals surface area contributed by atoms with E-state index in [1.54, 1.807) is 30.6 Å². The Balaban J connectivity index is 2.40.